The summed E-state index contributed by atoms with van der Waals surface area (Å²) in [6.45, 7) is 2.70. The molecule has 1 heterocycles. The Balaban J connectivity index is 1.79. The number of rotatable bonds is 4. The van der Waals surface area contributed by atoms with Crippen LogP contribution in [0.25, 0.3) is 0 Å². The number of hydrogen-bond acceptors (Lipinski definition) is 2. The number of benzene rings is 1. The average Bonchev–Trinajstić information content (AvgIpc) is 2.74. The summed E-state index contributed by atoms with van der Waals surface area (Å²) in [6, 6.07) is 10.2. The van der Waals surface area contributed by atoms with Gasteiger partial charge in [0.1, 0.15) is 0 Å². The Morgan fingerprint density at radius 3 is 2.37 bits per heavy atom. The number of anilines is 1. The molecule has 1 fully saturated rings. The van der Waals surface area contributed by atoms with E-state index in [-0.39, 0.29) is 0 Å². The van der Waals surface area contributed by atoms with Crippen molar-refractivity contribution in [2.45, 2.75) is 32.1 Å². The average molecular weight is 260 g/mol. The van der Waals surface area contributed by atoms with Crippen LogP contribution in [0.15, 0.2) is 30.3 Å². The molecule has 1 amide bonds. The molecular formula is C16H24N2O. The largest absolute Gasteiger partial charge is 0.374 e. The fourth-order valence-corrected chi connectivity index (χ4v) is 2.55. The van der Waals surface area contributed by atoms with Gasteiger partial charge in [0, 0.05) is 38.8 Å². The van der Waals surface area contributed by atoms with E-state index >= 15 is 0 Å². The molecule has 1 aliphatic rings. The van der Waals surface area contributed by atoms with Crippen molar-refractivity contribution in [2.24, 2.45) is 0 Å². The first-order chi connectivity index (χ1) is 9.27. The van der Waals surface area contributed by atoms with Gasteiger partial charge < -0.3 is 9.80 Å². The first-order valence-corrected chi connectivity index (χ1v) is 7.31. The zero-order valence-corrected chi connectivity index (χ0v) is 11.8. The van der Waals surface area contributed by atoms with Crippen LogP contribution in [0.3, 0.4) is 0 Å². The van der Waals surface area contributed by atoms with Crippen molar-refractivity contribution in [1.29, 1.82) is 0 Å². The summed E-state index contributed by atoms with van der Waals surface area (Å²) >= 11 is 0. The Bertz CT molecular complexity index is 383. The third-order valence-corrected chi connectivity index (χ3v) is 3.82. The SMILES string of the molecule is CN(CCC(=O)N1CCCCCC1)c1ccccc1. The summed E-state index contributed by atoms with van der Waals surface area (Å²) in [5, 5.41) is 0. The molecule has 0 radical (unpaired) electrons. The summed E-state index contributed by atoms with van der Waals surface area (Å²) in [5.41, 5.74) is 1.17. The zero-order valence-electron chi connectivity index (χ0n) is 11.8. The predicted octanol–water partition coefficient (Wildman–Crippen LogP) is 2.92. The second-order valence-corrected chi connectivity index (χ2v) is 5.30. The quantitative estimate of drug-likeness (QED) is 0.831. The van der Waals surface area contributed by atoms with Gasteiger partial charge in [-0.2, -0.15) is 0 Å². The summed E-state index contributed by atoms with van der Waals surface area (Å²) < 4.78 is 0. The molecule has 1 aromatic rings. The van der Waals surface area contributed by atoms with Gasteiger partial charge in [0.2, 0.25) is 5.91 Å². The highest BCUT2D eigenvalue weighted by Gasteiger charge is 2.15. The number of nitrogens with zero attached hydrogens (tertiary/aromatic N) is 2. The summed E-state index contributed by atoms with van der Waals surface area (Å²) in [5.74, 6) is 0.310. The van der Waals surface area contributed by atoms with Gasteiger partial charge in [-0.15, -0.1) is 0 Å². The highest BCUT2D eigenvalue weighted by atomic mass is 16.2. The minimum absolute atomic E-state index is 0.310. The Morgan fingerprint density at radius 1 is 1.11 bits per heavy atom. The third-order valence-electron chi connectivity index (χ3n) is 3.82. The van der Waals surface area contributed by atoms with Crippen molar-refractivity contribution in [1.82, 2.24) is 4.90 Å². The Labute approximate surface area is 116 Å². The minimum atomic E-state index is 0.310. The van der Waals surface area contributed by atoms with Crippen LogP contribution < -0.4 is 4.90 Å². The van der Waals surface area contributed by atoms with Crippen LogP contribution in [0.2, 0.25) is 0 Å². The van der Waals surface area contributed by atoms with E-state index in [1.165, 1.54) is 31.4 Å². The van der Waals surface area contributed by atoms with Crippen LogP contribution in [0.5, 0.6) is 0 Å². The van der Waals surface area contributed by atoms with Crippen LogP contribution in [0.1, 0.15) is 32.1 Å². The molecule has 104 valence electrons. The first kappa shape index (κ1) is 13.9. The van der Waals surface area contributed by atoms with E-state index in [1.54, 1.807) is 0 Å². The molecule has 3 nitrogen and oxygen atoms in total. The maximum Gasteiger partial charge on any atom is 0.224 e. The molecule has 0 atom stereocenters. The first-order valence-electron chi connectivity index (χ1n) is 7.31. The third kappa shape index (κ3) is 4.27. The predicted molar refractivity (Wildman–Crippen MR) is 79.4 cm³/mol. The summed E-state index contributed by atoms with van der Waals surface area (Å²) in [7, 11) is 2.05. The van der Waals surface area contributed by atoms with Crippen LogP contribution >= 0.6 is 0 Å². The molecule has 0 aromatic heterocycles. The van der Waals surface area contributed by atoms with Crippen LogP contribution in [-0.4, -0.2) is 37.5 Å². The molecule has 0 saturated carbocycles. The smallest absolute Gasteiger partial charge is 0.224 e. The van der Waals surface area contributed by atoms with Gasteiger partial charge in [0.25, 0.3) is 0 Å². The lowest BCUT2D eigenvalue weighted by molar-refractivity contribution is -0.130. The zero-order chi connectivity index (χ0) is 13.5. The fourth-order valence-electron chi connectivity index (χ4n) is 2.55. The summed E-state index contributed by atoms with van der Waals surface area (Å²) in [6.07, 6.45) is 5.49. The maximum atomic E-state index is 12.2. The molecule has 1 aromatic carbocycles. The van der Waals surface area contributed by atoms with Crippen LogP contribution in [0.4, 0.5) is 5.69 Å². The van der Waals surface area contributed by atoms with Gasteiger partial charge in [0.05, 0.1) is 0 Å². The van der Waals surface area contributed by atoms with E-state index < -0.39 is 0 Å². The Kier molecular flexibility index (Phi) is 5.25. The number of carbonyl (C=O) groups is 1. The normalized spacial score (nSPS) is 15.9. The van der Waals surface area contributed by atoms with E-state index in [9.17, 15) is 4.79 Å². The van der Waals surface area contributed by atoms with Crippen molar-refractivity contribution >= 4 is 11.6 Å². The van der Waals surface area contributed by atoms with Gasteiger partial charge >= 0.3 is 0 Å². The standard InChI is InChI=1S/C16H24N2O/c1-17(15-9-5-4-6-10-15)14-11-16(19)18-12-7-2-3-8-13-18/h4-6,9-10H,2-3,7-8,11-14H2,1H3. The van der Waals surface area contributed by atoms with Crippen molar-refractivity contribution in [3.8, 4) is 0 Å². The van der Waals surface area contributed by atoms with Crippen molar-refractivity contribution < 1.29 is 4.79 Å². The topological polar surface area (TPSA) is 23.6 Å². The molecule has 3 heteroatoms. The van der Waals surface area contributed by atoms with Gasteiger partial charge in [-0.3, -0.25) is 4.79 Å². The molecular weight excluding hydrogens is 236 g/mol. The maximum absolute atomic E-state index is 12.2. The Hall–Kier alpha value is -1.51. The molecule has 2 rings (SSSR count). The molecule has 0 spiro atoms. The monoisotopic (exact) mass is 260 g/mol. The van der Waals surface area contributed by atoms with Gasteiger partial charge in [0.15, 0.2) is 0 Å². The molecule has 0 unspecified atom stereocenters. The van der Waals surface area contributed by atoms with Crippen LogP contribution in [0, 0.1) is 0 Å². The summed E-state index contributed by atoms with van der Waals surface area (Å²) in [4.78, 5) is 16.4. The number of carbonyl (C=O) groups excluding carboxylic acids is 1. The van der Waals surface area contributed by atoms with Crippen LogP contribution in [-0.2, 0) is 4.79 Å². The highest BCUT2D eigenvalue weighted by molar-refractivity contribution is 5.76. The van der Waals surface area contributed by atoms with E-state index in [0.29, 0.717) is 12.3 Å². The lowest BCUT2D eigenvalue weighted by Crippen LogP contribution is -2.34. The number of likely N-dealkylation sites (tertiary alicyclic amines) is 1. The van der Waals surface area contributed by atoms with E-state index in [4.69, 9.17) is 0 Å². The highest BCUT2D eigenvalue weighted by Crippen LogP contribution is 2.13. The van der Waals surface area contributed by atoms with Crippen molar-refractivity contribution in [2.75, 3.05) is 31.6 Å². The van der Waals surface area contributed by atoms with Crippen molar-refractivity contribution in [3.05, 3.63) is 30.3 Å². The van der Waals surface area contributed by atoms with E-state index in [1.807, 2.05) is 30.1 Å². The second-order valence-electron chi connectivity index (χ2n) is 5.30. The Morgan fingerprint density at radius 2 is 1.74 bits per heavy atom. The lowest BCUT2D eigenvalue weighted by Gasteiger charge is -2.23. The van der Waals surface area contributed by atoms with Gasteiger partial charge in [-0.1, -0.05) is 31.0 Å². The number of amides is 1. The lowest BCUT2D eigenvalue weighted by atomic mass is 10.2. The fraction of sp³-hybridized carbons (Fsp3) is 0.562. The minimum Gasteiger partial charge on any atom is -0.374 e. The molecule has 1 aliphatic heterocycles. The molecule has 0 N–H and O–H groups in total. The second kappa shape index (κ2) is 7.17. The van der Waals surface area contributed by atoms with E-state index in [0.717, 1.165) is 19.6 Å². The van der Waals surface area contributed by atoms with Gasteiger partial charge in [-0.25, -0.2) is 0 Å². The number of hydrogen-bond donors (Lipinski definition) is 0. The molecule has 1 saturated heterocycles. The molecule has 19 heavy (non-hydrogen) atoms. The molecule has 0 bridgehead atoms. The van der Waals surface area contributed by atoms with E-state index in [2.05, 4.69) is 17.0 Å². The van der Waals surface area contributed by atoms with Crippen molar-refractivity contribution in [3.63, 3.8) is 0 Å². The van der Waals surface area contributed by atoms with Gasteiger partial charge in [-0.05, 0) is 25.0 Å². The molecule has 0 aliphatic carbocycles. The number of para-hydroxylation sites is 1.